The van der Waals surface area contributed by atoms with Crippen molar-refractivity contribution in [3.63, 3.8) is 0 Å². The summed E-state index contributed by atoms with van der Waals surface area (Å²) in [6.07, 6.45) is 1.47. The van der Waals surface area contributed by atoms with Crippen LogP contribution in [0.15, 0.2) is 29.5 Å². The van der Waals surface area contributed by atoms with E-state index in [1.807, 2.05) is 6.92 Å². The van der Waals surface area contributed by atoms with Crippen molar-refractivity contribution in [2.45, 2.75) is 33.5 Å². The van der Waals surface area contributed by atoms with Crippen molar-refractivity contribution < 1.29 is 18.3 Å². The molecule has 0 spiro atoms. The van der Waals surface area contributed by atoms with Gasteiger partial charge in [0.25, 0.3) is 0 Å². The van der Waals surface area contributed by atoms with E-state index in [9.17, 15) is 8.78 Å². The lowest BCUT2D eigenvalue weighted by molar-refractivity contribution is -0.0520. The molecule has 0 atom stereocenters. The average molecular weight is 382 g/mol. The summed E-state index contributed by atoms with van der Waals surface area (Å²) < 4.78 is 37.3. The highest BCUT2D eigenvalue weighted by Gasteiger charge is 2.15. The molecule has 148 valence electrons. The molecule has 0 saturated heterocycles. The number of nitrogens with one attached hydrogen (secondary N) is 2. The Hall–Kier alpha value is -2.91. The lowest BCUT2D eigenvalue weighted by Crippen LogP contribution is -2.37. The number of halogens is 2. The van der Waals surface area contributed by atoms with Gasteiger partial charge in [-0.1, -0.05) is 12.1 Å². The first-order valence-electron chi connectivity index (χ1n) is 8.59. The van der Waals surface area contributed by atoms with Gasteiger partial charge in [-0.05, 0) is 19.9 Å². The predicted octanol–water partition coefficient (Wildman–Crippen LogP) is 2.07. The maximum Gasteiger partial charge on any atom is 0.387 e. The molecule has 2 rings (SSSR count). The Balaban J connectivity index is 2.16. The zero-order chi connectivity index (χ0) is 19.6. The predicted molar refractivity (Wildman–Crippen MR) is 96.9 cm³/mol. The highest BCUT2D eigenvalue weighted by molar-refractivity contribution is 5.79. The molecule has 0 bridgehead atoms. The molecule has 0 aliphatic carbocycles. The normalized spacial score (nSPS) is 11.6. The summed E-state index contributed by atoms with van der Waals surface area (Å²) in [4.78, 5) is 8.57. The number of hydrogen-bond donors (Lipinski definition) is 2. The van der Waals surface area contributed by atoms with Gasteiger partial charge in [-0.25, -0.2) is 9.98 Å². The van der Waals surface area contributed by atoms with Crippen molar-refractivity contribution in [3.05, 3.63) is 35.9 Å². The third-order valence-corrected chi connectivity index (χ3v) is 3.54. The molecule has 0 saturated carbocycles. The first kappa shape index (κ1) is 20.4. The number of aliphatic imine (C=N–C) groups is 1. The van der Waals surface area contributed by atoms with Gasteiger partial charge in [0.15, 0.2) is 17.5 Å². The molecular formula is C17H24F2N6O2. The molecule has 0 radical (unpaired) electrons. The molecule has 0 amide bonds. The van der Waals surface area contributed by atoms with Crippen molar-refractivity contribution in [3.8, 4) is 11.5 Å². The molecule has 2 aromatic rings. The van der Waals surface area contributed by atoms with Gasteiger partial charge < -0.3 is 20.1 Å². The number of alkyl halides is 2. The highest BCUT2D eigenvalue weighted by Crippen LogP contribution is 2.33. The van der Waals surface area contributed by atoms with Crippen LogP contribution in [0.3, 0.4) is 0 Å². The van der Waals surface area contributed by atoms with E-state index in [1.165, 1.54) is 6.33 Å². The minimum atomic E-state index is -2.95. The van der Waals surface area contributed by atoms with Gasteiger partial charge in [-0.2, -0.15) is 13.9 Å². The zero-order valence-corrected chi connectivity index (χ0v) is 15.6. The van der Waals surface area contributed by atoms with E-state index in [0.29, 0.717) is 31.2 Å². The zero-order valence-electron chi connectivity index (χ0n) is 15.6. The van der Waals surface area contributed by atoms with Crippen molar-refractivity contribution in [1.29, 1.82) is 0 Å². The van der Waals surface area contributed by atoms with E-state index in [4.69, 9.17) is 4.74 Å². The van der Waals surface area contributed by atoms with Gasteiger partial charge in [0.2, 0.25) is 0 Å². The van der Waals surface area contributed by atoms with Crippen molar-refractivity contribution in [2.75, 3.05) is 13.2 Å². The van der Waals surface area contributed by atoms with E-state index in [0.717, 1.165) is 5.82 Å². The number of nitrogens with zero attached hydrogens (tertiary/aromatic N) is 4. The van der Waals surface area contributed by atoms with Crippen LogP contribution in [0.1, 0.15) is 25.2 Å². The molecule has 0 fully saturated rings. The van der Waals surface area contributed by atoms with E-state index in [-0.39, 0.29) is 18.0 Å². The molecular weight excluding hydrogens is 358 g/mol. The summed E-state index contributed by atoms with van der Waals surface area (Å²) in [7, 11) is 1.79. The highest BCUT2D eigenvalue weighted by atomic mass is 19.3. The summed E-state index contributed by atoms with van der Waals surface area (Å²) in [6, 6.07) is 4.98. The molecule has 10 heteroatoms. The summed E-state index contributed by atoms with van der Waals surface area (Å²) in [5, 5.41) is 10.2. The Kier molecular flexibility index (Phi) is 7.78. The van der Waals surface area contributed by atoms with Crippen molar-refractivity contribution in [2.24, 2.45) is 12.0 Å². The molecule has 1 heterocycles. The minimum absolute atomic E-state index is 0.00208. The smallest absolute Gasteiger partial charge is 0.387 e. The molecule has 1 aromatic heterocycles. The second-order valence-electron chi connectivity index (χ2n) is 5.40. The van der Waals surface area contributed by atoms with Gasteiger partial charge >= 0.3 is 6.61 Å². The van der Waals surface area contributed by atoms with Gasteiger partial charge in [-0.3, -0.25) is 4.68 Å². The SMILES string of the molecule is CCNC(=NCc1cccc(OCC)c1OC(F)F)NCc1ncnn1C. The lowest BCUT2D eigenvalue weighted by Gasteiger charge is -2.15. The fourth-order valence-electron chi connectivity index (χ4n) is 2.33. The van der Waals surface area contributed by atoms with Crippen molar-refractivity contribution >= 4 is 5.96 Å². The largest absolute Gasteiger partial charge is 0.490 e. The first-order valence-corrected chi connectivity index (χ1v) is 8.59. The number of hydrogen-bond acceptors (Lipinski definition) is 5. The van der Waals surface area contributed by atoms with Gasteiger partial charge in [0, 0.05) is 19.2 Å². The Morgan fingerprint density at radius 2 is 2.11 bits per heavy atom. The van der Waals surface area contributed by atoms with Crippen LogP contribution in [0.5, 0.6) is 11.5 Å². The summed E-state index contributed by atoms with van der Waals surface area (Å²) in [5.74, 6) is 1.52. The standard InChI is InChI=1S/C17H24F2N6O2/c1-4-20-17(22-10-14-23-11-24-25(14)3)21-9-12-7-6-8-13(26-5-2)15(12)27-16(18)19/h6-8,11,16H,4-5,9-10H2,1-3H3,(H2,20,21,22). The molecule has 1 aromatic carbocycles. The third kappa shape index (κ3) is 6.08. The van der Waals surface area contributed by atoms with Crippen LogP contribution >= 0.6 is 0 Å². The van der Waals surface area contributed by atoms with E-state index < -0.39 is 6.61 Å². The number of ether oxygens (including phenoxy) is 2. The number of aromatic nitrogens is 3. The maximum absolute atomic E-state index is 12.8. The number of benzene rings is 1. The van der Waals surface area contributed by atoms with E-state index in [2.05, 4.69) is 30.4 Å². The second kappa shape index (κ2) is 10.3. The Morgan fingerprint density at radius 1 is 1.30 bits per heavy atom. The quantitative estimate of drug-likeness (QED) is 0.510. The fourth-order valence-corrected chi connectivity index (χ4v) is 2.33. The Bertz CT molecular complexity index is 751. The summed E-state index contributed by atoms with van der Waals surface area (Å²) in [5.41, 5.74) is 0.497. The maximum atomic E-state index is 12.8. The summed E-state index contributed by atoms with van der Waals surface area (Å²) >= 11 is 0. The van der Waals surface area contributed by atoms with Crippen molar-refractivity contribution in [1.82, 2.24) is 25.4 Å². The third-order valence-electron chi connectivity index (χ3n) is 3.54. The Morgan fingerprint density at radius 3 is 2.74 bits per heavy atom. The van der Waals surface area contributed by atoms with Crippen LogP contribution in [0.2, 0.25) is 0 Å². The van der Waals surface area contributed by atoms with Crippen LogP contribution in [0, 0.1) is 0 Å². The van der Waals surface area contributed by atoms with Crippen LogP contribution in [0.25, 0.3) is 0 Å². The van der Waals surface area contributed by atoms with Crippen LogP contribution < -0.4 is 20.1 Å². The molecule has 8 nitrogen and oxygen atoms in total. The molecule has 0 aliphatic heterocycles. The average Bonchev–Trinajstić information content (AvgIpc) is 3.04. The van der Waals surface area contributed by atoms with E-state index in [1.54, 1.807) is 36.9 Å². The number of guanidine groups is 1. The summed E-state index contributed by atoms with van der Waals surface area (Å²) in [6.45, 7) is 2.30. The monoisotopic (exact) mass is 382 g/mol. The Labute approximate surface area is 156 Å². The van der Waals surface area contributed by atoms with Gasteiger partial charge in [-0.15, -0.1) is 0 Å². The molecule has 0 unspecified atom stereocenters. The minimum Gasteiger partial charge on any atom is -0.490 e. The van der Waals surface area contributed by atoms with E-state index >= 15 is 0 Å². The van der Waals surface area contributed by atoms with Crippen LogP contribution in [0.4, 0.5) is 8.78 Å². The number of rotatable bonds is 9. The van der Waals surface area contributed by atoms with Crippen LogP contribution in [-0.2, 0) is 20.1 Å². The number of para-hydroxylation sites is 1. The molecule has 0 aliphatic rings. The molecule has 27 heavy (non-hydrogen) atoms. The first-order chi connectivity index (χ1) is 13.0. The fraction of sp³-hybridized carbons (Fsp3) is 0.471. The second-order valence-corrected chi connectivity index (χ2v) is 5.40. The van der Waals surface area contributed by atoms with Crippen LogP contribution in [-0.4, -0.2) is 40.5 Å². The number of aryl methyl sites for hydroxylation is 1. The molecule has 2 N–H and O–H groups in total. The lowest BCUT2D eigenvalue weighted by atomic mass is 10.2. The topological polar surface area (TPSA) is 85.6 Å². The van der Waals surface area contributed by atoms with Gasteiger partial charge in [0.1, 0.15) is 12.2 Å². The van der Waals surface area contributed by atoms with Gasteiger partial charge in [0.05, 0.1) is 19.7 Å².